The molecule has 1 spiro atoms. The molecule has 2 atom stereocenters. The molecule has 3 N–H and O–H groups in total. The number of likely N-dealkylation sites (tertiary alicyclic amines) is 1. The molecule has 0 aromatic heterocycles. The Labute approximate surface area is 105 Å². The van der Waals surface area contributed by atoms with E-state index in [1.54, 1.807) is 18.9 Å². The van der Waals surface area contributed by atoms with E-state index in [2.05, 4.69) is 16.0 Å². The Balaban J connectivity index is 2.12. The Bertz CT molecular complexity index is 398. The van der Waals surface area contributed by atoms with Crippen molar-refractivity contribution in [2.45, 2.75) is 31.3 Å². The van der Waals surface area contributed by atoms with Crippen molar-refractivity contribution in [1.82, 2.24) is 20.9 Å². The van der Waals surface area contributed by atoms with Crippen molar-refractivity contribution in [1.29, 1.82) is 0 Å². The lowest BCUT2D eigenvalue weighted by Crippen LogP contribution is -2.61. The monoisotopic (exact) mass is 254 g/mol. The highest BCUT2D eigenvalue weighted by molar-refractivity contribution is 6.07. The highest BCUT2D eigenvalue weighted by Gasteiger charge is 2.49. The SMILES string of the molecule is CNC(C)C(=O)N1CCCC2(C1)NC(=O)NC2=O. The number of urea groups is 1. The van der Waals surface area contributed by atoms with Gasteiger partial charge in [-0.25, -0.2) is 4.79 Å². The van der Waals surface area contributed by atoms with Gasteiger partial charge in [0.25, 0.3) is 5.91 Å². The lowest BCUT2D eigenvalue weighted by molar-refractivity contribution is -0.137. The largest absolute Gasteiger partial charge is 0.338 e. The maximum Gasteiger partial charge on any atom is 0.322 e. The summed E-state index contributed by atoms with van der Waals surface area (Å²) in [6.07, 6.45) is 1.28. The first kappa shape index (κ1) is 12.8. The van der Waals surface area contributed by atoms with Crippen molar-refractivity contribution in [3.63, 3.8) is 0 Å². The second kappa shape index (κ2) is 4.56. The highest BCUT2D eigenvalue weighted by Crippen LogP contribution is 2.24. The third kappa shape index (κ3) is 2.05. The zero-order chi connectivity index (χ0) is 13.3. The number of carbonyl (C=O) groups is 3. The number of nitrogens with one attached hydrogen (secondary N) is 3. The van der Waals surface area contributed by atoms with Gasteiger partial charge in [0.1, 0.15) is 5.54 Å². The minimum atomic E-state index is -0.932. The molecule has 2 rings (SSSR count). The van der Waals surface area contributed by atoms with Gasteiger partial charge in [0.15, 0.2) is 0 Å². The Hall–Kier alpha value is -1.63. The van der Waals surface area contributed by atoms with Crippen LogP contribution in [-0.4, -0.2) is 54.5 Å². The number of rotatable bonds is 2. The molecule has 2 saturated heterocycles. The van der Waals surface area contributed by atoms with E-state index in [9.17, 15) is 14.4 Å². The summed E-state index contributed by atoms with van der Waals surface area (Å²) < 4.78 is 0. The maximum atomic E-state index is 12.1. The molecule has 18 heavy (non-hydrogen) atoms. The molecule has 0 saturated carbocycles. The Morgan fingerprint density at radius 3 is 2.78 bits per heavy atom. The van der Waals surface area contributed by atoms with E-state index in [1.165, 1.54) is 0 Å². The lowest BCUT2D eigenvalue weighted by Gasteiger charge is -2.39. The zero-order valence-electron chi connectivity index (χ0n) is 10.6. The molecule has 100 valence electrons. The lowest BCUT2D eigenvalue weighted by atomic mass is 9.89. The predicted molar refractivity (Wildman–Crippen MR) is 63.7 cm³/mol. The van der Waals surface area contributed by atoms with E-state index in [0.717, 1.165) is 0 Å². The Kier molecular flexibility index (Phi) is 3.25. The molecule has 0 bridgehead atoms. The van der Waals surface area contributed by atoms with Gasteiger partial charge in [-0.05, 0) is 26.8 Å². The molecule has 0 aromatic rings. The minimum Gasteiger partial charge on any atom is -0.338 e. The smallest absolute Gasteiger partial charge is 0.322 e. The van der Waals surface area contributed by atoms with E-state index >= 15 is 0 Å². The second-order valence-corrected chi connectivity index (χ2v) is 4.86. The molecular weight excluding hydrogens is 236 g/mol. The number of carbonyl (C=O) groups excluding carboxylic acids is 3. The molecule has 2 unspecified atom stereocenters. The van der Waals surface area contributed by atoms with Gasteiger partial charge in [-0.15, -0.1) is 0 Å². The molecule has 4 amide bonds. The van der Waals surface area contributed by atoms with Gasteiger partial charge in [-0.1, -0.05) is 0 Å². The zero-order valence-corrected chi connectivity index (χ0v) is 10.6. The van der Waals surface area contributed by atoms with E-state index in [-0.39, 0.29) is 24.4 Å². The van der Waals surface area contributed by atoms with Gasteiger partial charge in [-0.2, -0.15) is 0 Å². The van der Waals surface area contributed by atoms with E-state index < -0.39 is 11.6 Å². The van der Waals surface area contributed by atoms with Crippen LogP contribution in [0.15, 0.2) is 0 Å². The van der Waals surface area contributed by atoms with Crippen LogP contribution in [0.3, 0.4) is 0 Å². The van der Waals surface area contributed by atoms with Crippen LogP contribution in [-0.2, 0) is 9.59 Å². The van der Waals surface area contributed by atoms with Crippen LogP contribution in [0.1, 0.15) is 19.8 Å². The number of hydrogen-bond donors (Lipinski definition) is 3. The minimum absolute atomic E-state index is 0.0504. The summed E-state index contributed by atoms with van der Waals surface area (Å²) in [5.74, 6) is -0.382. The molecule has 2 aliphatic heterocycles. The van der Waals surface area contributed by atoms with Crippen LogP contribution in [0.25, 0.3) is 0 Å². The quantitative estimate of drug-likeness (QED) is 0.540. The van der Waals surface area contributed by atoms with Gasteiger partial charge in [0.05, 0.1) is 12.6 Å². The number of piperidine rings is 1. The van der Waals surface area contributed by atoms with Crippen LogP contribution in [0.2, 0.25) is 0 Å². The fourth-order valence-electron chi connectivity index (χ4n) is 2.46. The van der Waals surface area contributed by atoms with Crippen molar-refractivity contribution in [3.05, 3.63) is 0 Å². The summed E-state index contributed by atoms with van der Waals surface area (Å²) >= 11 is 0. The summed E-state index contributed by atoms with van der Waals surface area (Å²) in [4.78, 5) is 36.8. The Morgan fingerprint density at radius 1 is 1.50 bits per heavy atom. The average molecular weight is 254 g/mol. The van der Waals surface area contributed by atoms with Crippen LogP contribution in [0.4, 0.5) is 4.79 Å². The summed E-state index contributed by atoms with van der Waals surface area (Å²) in [6.45, 7) is 2.64. The number of hydrogen-bond acceptors (Lipinski definition) is 4. The number of imide groups is 1. The summed E-state index contributed by atoms with van der Waals surface area (Å²) in [5, 5.41) is 7.77. The van der Waals surface area contributed by atoms with Crippen LogP contribution >= 0.6 is 0 Å². The van der Waals surface area contributed by atoms with E-state index in [4.69, 9.17) is 0 Å². The number of amides is 4. The first-order valence-corrected chi connectivity index (χ1v) is 6.08. The predicted octanol–water partition coefficient (Wildman–Crippen LogP) is -1.21. The van der Waals surface area contributed by atoms with Crippen molar-refractivity contribution in [2.75, 3.05) is 20.1 Å². The van der Waals surface area contributed by atoms with Gasteiger partial charge >= 0.3 is 6.03 Å². The molecule has 7 nitrogen and oxygen atoms in total. The normalized spacial score (nSPS) is 29.1. The van der Waals surface area contributed by atoms with Crippen LogP contribution in [0, 0.1) is 0 Å². The van der Waals surface area contributed by atoms with Crippen molar-refractivity contribution >= 4 is 17.8 Å². The van der Waals surface area contributed by atoms with Crippen molar-refractivity contribution < 1.29 is 14.4 Å². The molecule has 2 aliphatic rings. The number of nitrogens with zero attached hydrogens (tertiary/aromatic N) is 1. The maximum absolute atomic E-state index is 12.1. The molecule has 0 aromatic carbocycles. The van der Waals surface area contributed by atoms with Gasteiger partial charge < -0.3 is 15.5 Å². The fraction of sp³-hybridized carbons (Fsp3) is 0.727. The number of likely N-dealkylation sites (N-methyl/N-ethyl adjacent to an activating group) is 1. The highest BCUT2D eigenvalue weighted by atomic mass is 16.2. The van der Waals surface area contributed by atoms with Gasteiger partial charge in [0.2, 0.25) is 5.91 Å². The summed E-state index contributed by atoms with van der Waals surface area (Å²) in [5.41, 5.74) is -0.932. The molecule has 2 fully saturated rings. The third-order valence-electron chi connectivity index (χ3n) is 3.62. The summed E-state index contributed by atoms with van der Waals surface area (Å²) in [6, 6.07) is -0.767. The third-order valence-corrected chi connectivity index (χ3v) is 3.62. The van der Waals surface area contributed by atoms with Gasteiger partial charge in [-0.3, -0.25) is 14.9 Å². The summed E-state index contributed by atoms with van der Waals surface area (Å²) in [7, 11) is 1.71. The van der Waals surface area contributed by atoms with Crippen molar-refractivity contribution in [3.8, 4) is 0 Å². The molecule has 0 aliphatic carbocycles. The van der Waals surface area contributed by atoms with Crippen molar-refractivity contribution in [2.24, 2.45) is 0 Å². The Morgan fingerprint density at radius 2 is 2.22 bits per heavy atom. The molecule has 0 radical (unpaired) electrons. The fourth-order valence-corrected chi connectivity index (χ4v) is 2.46. The van der Waals surface area contributed by atoms with Crippen LogP contribution in [0.5, 0.6) is 0 Å². The standard InChI is InChI=1S/C11H18N4O3/c1-7(12-2)8(16)15-5-3-4-11(6-15)9(17)13-10(18)14-11/h7,12H,3-6H2,1-2H3,(H2,13,14,17,18). The molecule has 2 heterocycles. The first-order chi connectivity index (χ1) is 8.48. The van der Waals surface area contributed by atoms with E-state index in [0.29, 0.717) is 19.4 Å². The first-order valence-electron chi connectivity index (χ1n) is 6.08. The van der Waals surface area contributed by atoms with Gasteiger partial charge in [0, 0.05) is 6.54 Å². The molecule has 7 heteroatoms. The van der Waals surface area contributed by atoms with Crippen LogP contribution < -0.4 is 16.0 Å². The average Bonchev–Trinajstić information content (AvgIpc) is 2.62. The van der Waals surface area contributed by atoms with E-state index in [1.807, 2.05) is 0 Å². The molecular formula is C11H18N4O3. The topological polar surface area (TPSA) is 90.5 Å². The second-order valence-electron chi connectivity index (χ2n) is 4.86.